The zero-order chi connectivity index (χ0) is 20.8. The van der Waals surface area contributed by atoms with Gasteiger partial charge in [0.2, 0.25) is 5.91 Å². The summed E-state index contributed by atoms with van der Waals surface area (Å²) in [7, 11) is 0. The van der Waals surface area contributed by atoms with Crippen molar-refractivity contribution in [3.63, 3.8) is 0 Å². The minimum Gasteiger partial charge on any atom is -0.355 e. The smallest absolute Gasteiger partial charge is 0.262 e. The fourth-order valence-corrected chi connectivity index (χ4v) is 5.46. The Bertz CT molecular complexity index is 976. The molecule has 1 fully saturated rings. The van der Waals surface area contributed by atoms with Crippen molar-refractivity contribution in [2.24, 2.45) is 0 Å². The first-order valence-corrected chi connectivity index (χ1v) is 12.3. The van der Waals surface area contributed by atoms with Gasteiger partial charge in [-0.2, -0.15) is 0 Å². The number of carbonyl (C=O) groups excluding carboxylic acids is 1. The molecule has 0 aliphatic heterocycles. The van der Waals surface area contributed by atoms with Crippen molar-refractivity contribution < 1.29 is 4.79 Å². The molecule has 2 aliphatic carbocycles. The second kappa shape index (κ2) is 10.3. The summed E-state index contributed by atoms with van der Waals surface area (Å²) in [6.45, 7) is 0.686. The molecule has 1 amide bonds. The van der Waals surface area contributed by atoms with Gasteiger partial charge in [-0.25, -0.2) is 4.98 Å². The molecule has 1 heterocycles. The molecule has 1 N–H and O–H groups in total. The van der Waals surface area contributed by atoms with Gasteiger partial charge in [-0.1, -0.05) is 54.8 Å². The predicted molar refractivity (Wildman–Crippen MR) is 123 cm³/mol. The summed E-state index contributed by atoms with van der Waals surface area (Å²) in [5, 5.41) is 4.38. The number of benzene rings is 1. The third kappa shape index (κ3) is 5.15. The Morgan fingerprint density at radius 2 is 1.97 bits per heavy atom. The number of nitrogens with zero attached hydrogens (tertiary/aromatic N) is 2. The van der Waals surface area contributed by atoms with Gasteiger partial charge in [0.15, 0.2) is 5.16 Å². The Morgan fingerprint density at radius 1 is 1.13 bits per heavy atom. The normalized spacial score (nSPS) is 17.7. The van der Waals surface area contributed by atoms with Crippen molar-refractivity contribution in [1.29, 1.82) is 0 Å². The molecule has 1 aromatic carbocycles. The lowest BCUT2D eigenvalue weighted by molar-refractivity contribution is -0.118. The maximum absolute atomic E-state index is 13.2. The lowest BCUT2D eigenvalue weighted by atomic mass is 9.95. The number of carbonyl (C=O) groups is 1. The molecule has 0 spiro atoms. The van der Waals surface area contributed by atoms with E-state index in [1.165, 1.54) is 49.4 Å². The maximum atomic E-state index is 13.2. The Morgan fingerprint density at radius 3 is 2.77 bits per heavy atom. The molecule has 1 aromatic heterocycles. The lowest BCUT2D eigenvalue weighted by Crippen LogP contribution is -2.30. The molecule has 1 saturated carbocycles. The van der Waals surface area contributed by atoms with Gasteiger partial charge in [0.05, 0.1) is 16.7 Å². The number of aromatic nitrogens is 2. The summed E-state index contributed by atoms with van der Waals surface area (Å²) < 4.78 is 1.87. The maximum Gasteiger partial charge on any atom is 0.262 e. The zero-order valence-corrected chi connectivity index (χ0v) is 18.4. The first-order valence-electron chi connectivity index (χ1n) is 11.3. The van der Waals surface area contributed by atoms with E-state index in [2.05, 4.69) is 11.4 Å². The summed E-state index contributed by atoms with van der Waals surface area (Å²) in [5.74, 6) is 0.297. The topological polar surface area (TPSA) is 64.0 Å². The Labute approximate surface area is 182 Å². The van der Waals surface area contributed by atoms with Crippen molar-refractivity contribution in [1.82, 2.24) is 14.9 Å². The molecular formula is C24H31N3O2S. The number of rotatable bonds is 7. The number of allylic oxidation sites excluding steroid dienone is 1. The summed E-state index contributed by atoms with van der Waals surface area (Å²) in [6.07, 6.45) is 13.7. The summed E-state index contributed by atoms with van der Waals surface area (Å²) in [6, 6.07) is 7.71. The molecule has 6 heteroatoms. The predicted octanol–water partition coefficient (Wildman–Crippen LogP) is 5.00. The van der Waals surface area contributed by atoms with Gasteiger partial charge in [0, 0.05) is 12.6 Å². The van der Waals surface area contributed by atoms with Gasteiger partial charge in [-0.05, 0) is 57.1 Å². The van der Waals surface area contributed by atoms with E-state index in [0.29, 0.717) is 22.6 Å². The van der Waals surface area contributed by atoms with E-state index in [4.69, 9.17) is 4.98 Å². The van der Waals surface area contributed by atoms with Crippen molar-refractivity contribution in [3.8, 4) is 0 Å². The van der Waals surface area contributed by atoms with Crippen LogP contribution in [0.4, 0.5) is 0 Å². The quantitative estimate of drug-likeness (QED) is 0.385. The second-order valence-electron chi connectivity index (χ2n) is 8.38. The van der Waals surface area contributed by atoms with Crippen molar-refractivity contribution >= 4 is 28.6 Å². The van der Waals surface area contributed by atoms with Crippen LogP contribution < -0.4 is 10.9 Å². The number of hydrogen-bond donors (Lipinski definition) is 1. The van der Waals surface area contributed by atoms with Crippen molar-refractivity contribution in [2.75, 3.05) is 12.3 Å². The average Bonchev–Trinajstić information content (AvgIpc) is 2.79. The molecule has 0 saturated heterocycles. The van der Waals surface area contributed by atoms with E-state index in [1.54, 1.807) is 0 Å². The van der Waals surface area contributed by atoms with Gasteiger partial charge < -0.3 is 5.32 Å². The molecule has 5 nitrogen and oxygen atoms in total. The molecule has 0 radical (unpaired) electrons. The third-order valence-electron chi connectivity index (χ3n) is 6.20. The van der Waals surface area contributed by atoms with Crippen LogP contribution in [0.1, 0.15) is 70.3 Å². The van der Waals surface area contributed by atoms with Gasteiger partial charge in [-0.15, -0.1) is 0 Å². The van der Waals surface area contributed by atoms with Crippen LogP contribution in [0, 0.1) is 0 Å². The monoisotopic (exact) mass is 425 g/mol. The van der Waals surface area contributed by atoms with E-state index in [0.717, 1.165) is 32.1 Å². The van der Waals surface area contributed by atoms with Gasteiger partial charge in [0.1, 0.15) is 0 Å². The number of amides is 1. The van der Waals surface area contributed by atoms with Crippen LogP contribution in [0.25, 0.3) is 10.9 Å². The second-order valence-corrected chi connectivity index (χ2v) is 9.32. The lowest BCUT2D eigenvalue weighted by Gasteiger charge is -2.26. The Hall–Kier alpha value is -2.08. The van der Waals surface area contributed by atoms with Crippen molar-refractivity contribution in [2.45, 2.75) is 75.4 Å². The van der Waals surface area contributed by atoms with Gasteiger partial charge in [0.25, 0.3) is 5.56 Å². The van der Waals surface area contributed by atoms with E-state index in [-0.39, 0.29) is 23.3 Å². The van der Waals surface area contributed by atoms with Crippen LogP contribution >= 0.6 is 11.8 Å². The number of fused-ring (bicyclic) bond motifs is 1. The molecular weight excluding hydrogens is 394 g/mol. The zero-order valence-electron chi connectivity index (χ0n) is 17.6. The first-order chi connectivity index (χ1) is 14.7. The number of hydrogen-bond acceptors (Lipinski definition) is 4. The molecule has 30 heavy (non-hydrogen) atoms. The molecule has 0 unspecified atom stereocenters. The Balaban J connectivity index is 1.45. The van der Waals surface area contributed by atoms with E-state index >= 15 is 0 Å². The largest absolute Gasteiger partial charge is 0.355 e. The highest BCUT2D eigenvalue weighted by atomic mass is 32.2. The van der Waals surface area contributed by atoms with E-state index in [9.17, 15) is 9.59 Å². The standard InChI is InChI=1S/C24H31N3O2S/c28-22(25-16-15-18-9-3-1-4-10-18)17-30-24-26-21-14-8-7-13-20(21)23(29)27(24)19-11-5-2-6-12-19/h7-9,13-14,19H,1-6,10-12,15-17H2,(H,25,28). The van der Waals surface area contributed by atoms with Crippen LogP contribution in [0.5, 0.6) is 0 Å². The summed E-state index contributed by atoms with van der Waals surface area (Å²) in [5.41, 5.74) is 2.21. The number of para-hydroxylation sites is 1. The fraction of sp³-hybridized carbons (Fsp3) is 0.542. The molecule has 0 bridgehead atoms. The van der Waals surface area contributed by atoms with Crippen LogP contribution in [0.2, 0.25) is 0 Å². The minimum absolute atomic E-state index is 0.00834. The number of nitrogens with one attached hydrogen (secondary N) is 1. The highest BCUT2D eigenvalue weighted by molar-refractivity contribution is 7.99. The van der Waals surface area contributed by atoms with Gasteiger partial charge in [-0.3, -0.25) is 14.2 Å². The van der Waals surface area contributed by atoms with E-state index in [1.807, 2.05) is 28.8 Å². The van der Waals surface area contributed by atoms with Crippen LogP contribution in [0.3, 0.4) is 0 Å². The molecule has 160 valence electrons. The van der Waals surface area contributed by atoms with Gasteiger partial charge >= 0.3 is 0 Å². The molecule has 2 aliphatic rings. The highest BCUT2D eigenvalue weighted by Gasteiger charge is 2.22. The minimum atomic E-state index is 0.00834. The Kier molecular flexibility index (Phi) is 7.26. The highest BCUT2D eigenvalue weighted by Crippen LogP contribution is 2.31. The fourth-order valence-electron chi connectivity index (χ4n) is 4.56. The van der Waals surface area contributed by atoms with E-state index < -0.39 is 0 Å². The SMILES string of the molecule is O=C(CSc1nc2ccccc2c(=O)n1C1CCCCC1)NCCC1=CCCCC1. The van der Waals surface area contributed by atoms with Crippen LogP contribution in [-0.2, 0) is 4.79 Å². The summed E-state index contributed by atoms with van der Waals surface area (Å²) in [4.78, 5) is 30.4. The van der Waals surface area contributed by atoms with Crippen LogP contribution in [0.15, 0.2) is 45.9 Å². The molecule has 4 rings (SSSR count). The van der Waals surface area contributed by atoms with Crippen LogP contribution in [-0.4, -0.2) is 27.8 Å². The third-order valence-corrected chi connectivity index (χ3v) is 7.15. The average molecular weight is 426 g/mol. The van der Waals surface area contributed by atoms with Crippen molar-refractivity contribution in [3.05, 3.63) is 46.3 Å². The number of thioether (sulfide) groups is 1. The summed E-state index contributed by atoms with van der Waals surface area (Å²) >= 11 is 1.39. The first kappa shape index (κ1) is 21.2. The molecule has 0 atom stereocenters. The molecule has 2 aromatic rings.